The molecule has 1 amide bonds. The van der Waals surface area contributed by atoms with Gasteiger partial charge < -0.3 is 14.8 Å². The SMILES string of the molecule is CC1(C)C2(C(=O)Nc3ccc4c(c3)OCO4)CCC1(C(Br)Br)C2Br. The summed E-state index contributed by atoms with van der Waals surface area (Å²) in [6, 6.07) is 5.52. The summed E-state index contributed by atoms with van der Waals surface area (Å²) in [6.45, 7) is 4.63. The highest BCUT2D eigenvalue weighted by Gasteiger charge is 2.83. The Morgan fingerprint density at radius 1 is 1.25 bits per heavy atom. The summed E-state index contributed by atoms with van der Waals surface area (Å²) >= 11 is 11.3. The van der Waals surface area contributed by atoms with Crippen LogP contribution in [0, 0.1) is 16.2 Å². The van der Waals surface area contributed by atoms with Gasteiger partial charge in [0.25, 0.3) is 0 Å². The van der Waals surface area contributed by atoms with Crippen LogP contribution in [0.1, 0.15) is 26.7 Å². The lowest BCUT2D eigenvalue weighted by molar-refractivity contribution is -0.155. The molecule has 130 valence electrons. The summed E-state index contributed by atoms with van der Waals surface area (Å²) < 4.78 is 10.9. The molecule has 7 heteroatoms. The van der Waals surface area contributed by atoms with Gasteiger partial charge in [-0.05, 0) is 30.4 Å². The van der Waals surface area contributed by atoms with Gasteiger partial charge in [0.1, 0.15) is 0 Å². The predicted molar refractivity (Wildman–Crippen MR) is 103 cm³/mol. The number of amides is 1. The second-order valence-electron chi connectivity index (χ2n) is 7.32. The number of halogens is 3. The van der Waals surface area contributed by atoms with Gasteiger partial charge in [0.2, 0.25) is 12.7 Å². The first kappa shape index (κ1) is 17.2. The standard InChI is InChI=1S/C17H18Br3NO3/c1-15(2)16(13(19)20)5-6-17(15,12(16)18)14(22)21-9-3-4-10-11(7-9)24-8-23-10/h3-4,7,12-13H,5-6,8H2,1-2H3,(H,21,22). The molecule has 1 heterocycles. The maximum atomic E-state index is 13.2. The highest BCUT2D eigenvalue weighted by atomic mass is 79.9. The van der Waals surface area contributed by atoms with Crippen molar-refractivity contribution in [1.29, 1.82) is 0 Å². The zero-order valence-corrected chi connectivity index (χ0v) is 18.1. The second-order valence-corrected chi connectivity index (χ2v) is 11.3. The van der Waals surface area contributed by atoms with E-state index in [1.54, 1.807) is 0 Å². The molecule has 4 aliphatic rings. The molecule has 4 nitrogen and oxygen atoms in total. The summed E-state index contributed by atoms with van der Waals surface area (Å²) in [5, 5.41) is 3.10. The Morgan fingerprint density at radius 2 is 1.96 bits per heavy atom. The highest BCUT2D eigenvalue weighted by molar-refractivity contribution is 9.24. The number of fused-ring (bicyclic) bond motifs is 2. The van der Waals surface area contributed by atoms with Crippen LogP contribution < -0.4 is 14.8 Å². The van der Waals surface area contributed by atoms with Crippen LogP contribution in [-0.4, -0.2) is 21.3 Å². The first-order valence-corrected chi connectivity index (χ1v) is 10.7. The fourth-order valence-electron chi connectivity index (χ4n) is 4.92. The Bertz CT molecular complexity index is 723. The van der Waals surface area contributed by atoms with Crippen molar-refractivity contribution in [3.63, 3.8) is 0 Å². The molecule has 24 heavy (non-hydrogen) atoms. The Labute approximate surface area is 166 Å². The zero-order valence-electron chi connectivity index (χ0n) is 13.4. The molecule has 3 aliphatic carbocycles. The van der Waals surface area contributed by atoms with Crippen LogP contribution in [0.25, 0.3) is 0 Å². The average molecular weight is 524 g/mol. The molecule has 2 bridgehead atoms. The molecule has 0 aromatic heterocycles. The van der Waals surface area contributed by atoms with E-state index in [9.17, 15) is 4.79 Å². The summed E-state index contributed by atoms with van der Waals surface area (Å²) in [5.74, 6) is 1.46. The molecule has 0 spiro atoms. The van der Waals surface area contributed by atoms with Crippen molar-refractivity contribution in [1.82, 2.24) is 0 Å². The van der Waals surface area contributed by atoms with Gasteiger partial charge in [0, 0.05) is 22.0 Å². The van der Waals surface area contributed by atoms with Crippen LogP contribution in [0.2, 0.25) is 0 Å². The smallest absolute Gasteiger partial charge is 0.232 e. The van der Waals surface area contributed by atoms with Crippen LogP contribution in [-0.2, 0) is 4.79 Å². The number of hydrogen-bond donors (Lipinski definition) is 1. The van der Waals surface area contributed by atoms with Crippen molar-refractivity contribution in [3.8, 4) is 11.5 Å². The number of carbonyl (C=O) groups excluding carboxylic acids is 1. The fraction of sp³-hybridized carbons (Fsp3) is 0.588. The van der Waals surface area contributed by atoms with Gasteiger partial charge in [-0.25, -0.2) is 0 Å². The minimum Gasteiger partial charge on any atom is -0.454 e. The van der Waals surface area contributed by atoms with E-state index in [2.05, 4.69) is 67.0 Å². The minimum absolute atomic E-state index is 0.0270. The predicted octanol–water partition coefficient (Wildman–Crippen LogP) is 5.04. The summed E-state index contributed by atoms with van der Waals surface area (Å²) in [5.41, 5.74) is 0.238. The van der Waals surface area contributed by atoms with Crippen LogP contribution in [0.3, 0.4) is 0 Å². The van der Waals surface area contributed by atoms with Gasteiger partial charge in [-0.3, -0.25) is 4.79 Å². The molecule has 0 radical (unpaired) electrons. The normalized spacial score (nSPS) is 35.0. The zero-order chi connectivity index (χ0) is 17.3. The van der Waals surface area contributed by atoms with Gasteiger partial charge in [0.15, 0.2) is 11.5 Å². The van der Waals surface area contributed by atoms with Crippen LogP contribution in [0.15, 0.2) is 18.2 Å². The molecule has 3 fully saturated rings. The Morgan fingerprint density at radius 3 is 2.58 bits per heavy atom. The fourth-order valence-corrected chi connectivity index (χ4v) is 9.83. The maximum Gasteiger partial charge on any atom is 0.232 e. The maximum absolute atomic E-state index is 13.2. The summed E-state index contributed by atoms with van der Waals surface area (Å²) in [7, 11) is 0. The molecular weight excluding hydrogens is 506 g/mol. The molecular formula is C17H18Br3NO3. The van der Waals surface area contributed by atoms with Crippen molar-refractivity contribution in [2.75, 3.05) is 12.1 Å². The molecule has 3 unspecified atom stereocenters. The van der Waals surface area contributed by atoms with Gasteiger partial charge in [-0.2, -0.15) is 0 Å². The van der Waals surface area contributed by atoms with Crippen LogP contribution in [0.5, 0.6) is 11.5 Å². The molecule has 1 N–H and O–H groups in total. The number of benzene rings is 1. The third kappa shape index (κ3) is 1.81. The quantitative estimate of drug-likeness (QED) is 0.565. The Kier molecular flexibility index (Phi) is 3.84. The van der Waals surface area contributed by atoms with Gasteiger partial charge in [-0.1, -0.05) is 61.6 Å². The van der Waals surface area contributed by atoms with E-state index >= 15 is 0 Å². The van der Waals surface area contributed by atoms with E-state index in [1.165, 1.54) is 0 Å². The summed E-state index contributed by atoms with van der Waals surface area (Å²) in [4.78, 5) is 13.4. The highest BCUT2D eigenvalue weighted by Crippen LogP contribution is 2.82. The summed E-state index contributed by atoms with van der Waals surface area (Å²) in [6.07, 6.45) is 1.88. The number of alkyl halides is 3. The van der Waals surface area contributed by atoms with Crippen molar-refractivity contribution < 1.29 is 14.3 Å². The molecule has 3 saturated carbocycles. The lowest BCUT2D eigenvalue weighted by atomic mass is 9.43. The topological polar surface area (TPSA) is 47.6 Å². The second kappa shape index (κ2) is 5.36. The Hall–Kier alpha value is -0.270. The number of anilines is 1. The molecule has 0 saturated heterocycles. The van der Waals surface area contributed by atoms with E-state index in [1.807, 2.05) is 18.2 Å². The number of carbonyl (C=O) groups is 1. The average Bonchev–Trinajstić information content (AvgIpc) is 3.16. The van der Waals surface area contributed by atoms with E-state index in [0.29, 0.717) is 5.75 Å². The van der Waals surface area contributed by atoms with Crippen LogP contribution >= 0.6 is 47.8 Å². The third-order valence-electron chi connectivity index (χ3n) is 6.52. The third-order valence-corrected chi connectivity index (χ3v) is 9.75. The first-order valence-electron chi connectivity index (χ1n) is 7.91. The first-order chi connectivity index (χ1) is 11.3. The molecule has 3 atom stereocenters. The number of ether oxygens (including phenoxy) is 2. The van der Waals surface area contributed by atoms with E-state index in [0.717, 1.165) is 24.3 Å². The molecule has 1 aromatic carbocycles. The van der Waals surface area contributed by atoms with Crippen molar-refractivity contribution in [3.05, 3.63) is 18.2 Å². The van der Waals surface area contributed by atoms with E-state index in [-0.39, 0.29) is 32.1 Å². The van der Waals surface area contributed by atoms with E-state index in [4.69, 9.17) is 9.47 Å². The van der Waals surface area contributed by atoms with Gasteiger partial charge >= 0.3 is 0 Å². The van der Waals surface area contributed by atoms with Crippen LogP contribution in [0.4, 0.5) is 5.69 Å². The van der Waals surface area contributed by atoms with Crippen molar-refractivity contribution >= 4 is 59.4 Å². The lowest BCUT2D eigenvalue weighted by Gasteiger charge is -2.66. The number of rotatable bonds is 3. The van der Waals surface area contributed by atoms with Crippen molar-refractivity contribution in [2.45, 2.75) is 35.3 Å². The molecule has 1 aromatic rings. The largest absolute Gasteiger partial charge is 0.454 e. The van der Waals surface area contributed by atoms with Gasteiger partial charge in [0.05, 0.1) is 9.15 Å². The van der Waals surface area contributed by atoms with Crippen molar-refractivity contribution in [2.24, 2.45) is 16.2 Å². The minimum atomic E-state index is -0.414. The molecule has 5 rings (SSSR count). The van der Waals surface area contributed by atoms with E-state index < -0.39 is 5.41 Å². The monoisotopic (exact) mass is 521 g/mol. The van der Waals surface area contributed by atoms with Gasteiger partial charge in [-0.15, -0.1) is 0 Å². The number of nitrogens with one attached hydrogen (secondary N) is 1. The molecule has 1 aliphatic heterocycles. The number of hydrogen-bond acceptors (Lipinski definition) is 3. The lowest BCUT2D eigenvalue weighted by Crippen LogP contribution is -2.71. The Balaban J connectivity index is 1.62.